The van der Waals surface area contributed by atoms with Gasteiger partial charge in [0, 0.05) is 12.4 Å². The Morgan fingerprint density at radius 3 is 2.71 bits per heavy atom. The predicted molar refractivity (Wildman–Crippen MR) is 69.9 cm³/mol. The zero-order valence-corrected chi connectivity index (χ0v) is 10.6. The quantitative estimate of drug-likeness (QED) is 0.872. The van der Waals surface area contributed by atoms with E-state index < -0.39 is 0 Å². The van der Waals surface area contributed by atoms with Crippen LogP contribution in [0.3, 0.4) is 0 Å². The second kappa shape index (κ2) is 5.15. The minimum atomic E-state index is 0.300. The Labute approximate surface area is 102 Å². The van der Waals surface area contributed by atoms with Crippen molar-refractivity contribution in [2.24, 2.45) is 0 Å². The van der Waals surface area contributed by atoms with Gasteiger partial charge in [0.25, 0.3) is 0 Å². The first-order chi connectivity index (χ1) is 8.20. The van der Waals surface area contributed by atoms with Gasteiger partial charge in [0.15, 0.2) is 0 Å². The van der Waals surface area contributed by atoms with Crippen molar-refractivity contribution in [1.82, 2.24) is 15.1 Å². The first-order valence-corrected chi connectivity index (χ1v) is 5.92. The van der Waals surface area contributed by atoms with Gasteiger partial charge in [0.1, 0.15) is 0 Å². The molecule has 0 aliphatic carbocycles. The monoisotopic (exact) mass is 229 g/mol. The minimum Gasteiger partial charge on any atom is -0.311 e. The largest absolute Gasteiger partial charge is 0.311 e. The van der Waals surface area contributed by atoms with Crippen molar-refractivity contribution in [2.75, 3.05) is 7.05 Å². The first-order valence-electron chi connectivity index (χ1n) is 5.92. The molecule has 0 aliphatic heterocycles. The van der Waals surface area contributed by atoms with E-state index in [2.05, 4.69) is 42.5 Å². The molecule has 3 nitrogen and oxygen atoms in total. The summed E-state index contributed by atoms with van der Waals surface area (Å²) in [5.74, 6) is 0. The maximum atomic E-state index is 4.25. The summed E-state index contributed by atoms with van der Waals surface area (Å²) >= 11 is 0. The van der Waals surface area contributed by atoms with Gasteiger partial charge < -0.3 is 5.32 Å². The molecular formula is C14H19N3. The van der Waals surface area contributed by atoms with Crippen LogP contribution >= 0.6 is 0 Å². The Bertz CT molecular complexity index is 474. The first kappa shape index (κ1) is 11.9. The summed E-state index contributed by atoms with van der Waals surface area (Å²) in [5.41, 5.74) is 3.98. The predicted octanol–water partition coefficient (Wildman–Crippen LogP) is 2.46. The molecule has 0 spiro atoms. The lowest BCUT2D eigenvalue weighted by molar-refractivity contribution is 0.468. The summed E-state index contributed by atoms with van der Waals surface area (Å²) in [7, 11) is 1.99. The number of aryl methyl sites for hydroxylation is 2. The molecule has 0 fully saturated rings. The minimum absolute atomic E-state index is 0.300. The Hall–Kier alpha value is -1.61. The lowest BCUT2D eigenvalue weighted by Gasteiger charge is -2.18. The lowest BCUT2D eigenvalue weighted by atomic mass is 10.0. The smallest absolute Gasteiger partial charge is 0.0604 e. The molecule has 0 bridgehead atoms. The van der Waals surface area contributed by atoms with Crippen molar-refractivity contribution >= 4 is 0 Å². The average molecular weight is 229 g/mol. The topological polar surface area (TPSA) is 29.9 Å². The second-order valence-electron chi connectivity index (χ2n) is 4.41. The molecule has 0 saturated heterocycles. The third-order valence-corrected chi connectivity index (χ3v) is 3.21. The highest BCUT2D eigenvalue weighted by molar-refractivity contribution is 5.31. The van der Waals surface area contributed by atoms with Crippen LogP contribution < -0.4 is 5.32 Å². The highest BCUT2D eigenvalue weighted by Crippen LogP contribution is 2.18. The number of nitrogens with zero attached hydrogens (tertiary/aromatic N) is 2. The molecule has 1 aromatic heterocycles. The van der Waals surface area contributed by atoms with E-state index in [0.29, 0.717) is 6.04 Å². The molecule has 3 heteroatoms. The van der Waals surface area contributed by atoms with Gasteiger partial charge in [0.2, 0.25) is 0 Å². The van der Waals surface area contributed by atoms with Gasteiger partial charge in [-0.05, 0) is 43.7 Å². The number of nitrogens with one attached hydrogen (secondary N) is 1. The Morgan fingerprint density at radius 1 is 1.29 bits per heavy atom. The standard InChI is InChI=1S/C14H19N3/c1-11-5-6-13(9-12(11)2)14(15-3)10-17-8-4-7-16-17/h4-9,14-15H,10H2,1-3H3. The fraction of sp³-hybridized carbons (Fsp3) is 0.357. The van der Waals surface area contributed by atoms with E-state index in [1.807, 2.05) is 30.2 Å². The van der Waals surface area contributed by atoms with Crippen LogP contribution in [0.25, 0.3) is 0 Å². The fourth-order valence-electron chi connectivity index (χ4n) is 1.94. The molecule has 0 aliphatic rings. The van der Waals surface area contributed by atoms with Crippen LogP contribution in [0.5, 0.6) is 0 Å². The maximum absolute atomic E-state index is 4.25. The lowest BCUT2D eigenvalue weighted by Crippen LogP contribution is -2.22. The maximum Gasteiger partial charge on any atom is 0.0604 e. The van der Waals surface area contributed by atoms with Gasteiger partial charge in [-0.3, -0.25) is 4.68 Å². The van der Waals surface area contributed by atoms with Gasteiger partial charge in [-0.1, -0.05) is 18.2 Å². The zero-order chi connectivity index (χ0) is 12.3. The van der Waals surface area contributed by atoms with E-state index >= 15 is 0 Å². The molecule has 1 heterocycles. The van der Waals surface area contributed by atoms with Crippen LogP contribution in [-0.4, -0.2) is 16.8 Å². The summed E-state index contributed by atoms with van der Waals surface area (Å²) in [6.07, 6.45) is 3.80. The van der Waals surface area contributed by atoms with Crippen LogP contribution in [0.1, 0.15) is 22.7 Å². The summed E-state index contributed by atoms with van der Waals surface area (Å²) in [5, 5.41) is 7.59. The van der Waals surface area contributed by atoms with E-state index in [9.17, 15) is 0 Å². The normalized spacial score (nSPS) is 12.6. The second-order valence-corrected chi connectivity index (χ2v) is 4.41. The van der Waals surface area contributed by atoms with Crippen LogP contribution in [0.2, 0.25) is 0 Å². The zero-order valence-electron chi connectivity index (χ0n) is 10.6. The number of hydrogen-bond donors (Lipinski definition) is 1. The van der Waals surface area contributed by atoms with Gasteiger partial charge in [-0.25, -0.2) is 0 Å². The number of rotatable bonds is 4. The van der Waals surface area contributed by atoms with Crippen molar-refractivity contribution in [1.29, 1.82) is 0 Å². The molecule has 17 heavy (non-hydrogen) atoms. The van der Waals surface area contributed by atoms with Gasteiger partial charge in [-0.2, -0.15) is 5.10 Å². The number of benzene rings is 1. The van der Waals surface area contributed by atoms with E-state index in [-0.39, 0.29) is 0 Å². The molecule has 0 radical (unpaired) electrons. The number of hydrogen-bond acceptors (Lipinski definition) is 2. The highest BCUT2D eigenvalue weighted by Gasteiger charge is 2.10. The van der Waals surface area contributed by atoms with Crippen LogP contribution in [0, 0.1) is 13.8 Å². The summed E-state index contributed by atoms with van der Waals surface area (Å²) in [6, 6.07) is 8.87. The summed E-state index contributed by atoms with van der Waals surface area (Å²) in [6.45, 7) is 5.15. The molecule has 1 aromatic carbocycles. The summed E-state index contributed by atoms with van der Waals surface area (Å²) < 4.78 is 1.95. The van der Waals surface area contributed by atoms with Crippen molar-refractivity contribution < 1.29 is 0 Å². The third kappa shape index (κ3) is 2.74. The Balaban J connectivity index is 2.20. The van der Waals surface area contributed by atoms with E-state index in [0.717, 1.165) is 6.54 Å². The van der Waals surface area contributed by atoms with Gasteiger partial charge in [0.05, 0.1) is 12.6 Å². The van der Waals surface area contributed by atoms with Crippen molar-refractivity contribution in [3.8, 4) is 0 Å². The van der Waals surface area contributed by atoms with Crippen LogP contribution in [0.4, 0.5) is 0 Å². The molecule has 1 unspecified atom stereocenters. The Kier molecular flexibility index (Phi) is 3.59. The number of likely N-dealkylation sites (N-methyl/N-ethyl adjacent to an activating group) is 1. The van der Waals surface area contributed by atoms with Crippen molar-refractivity contribution in [3.05, 3.63) is 53.3 Å². The molecule has 0 saturated carbocycles. The van der Waals surface area contributed by atoms with Crippen molar-refractivity contribution in [2.45, 2.75) is 26.4 Å². The van der Waals surface area contributed by atoms with E-state index in [1.54, 1.807) is 0 Å². The molecule has 2 rings (SSSR count). The van der Waals surface area contributed by atoms with Crippen LogP contribution in [0.15, 0.2) is 36.7 Å². The SMILES string of the molecule is CNC(Cn1cccn1)c1ccc(C)c(C)c1. The molecular weight excluding hydrogens is 210 g/mol. The molecule has 1 atom stereocenters. The van der Waals surface area contributed by atoms with E-state index in [1.165, 1.54) is 16.7 Å². The number of aromatic nitrogens is 2. The summed E-state index contributed by atoms with van der Waals surface area (Å²) in [4.78, 5) is 0. The van der Waals surface area contributed by atoms with Crippen molar-refractivity contribution in [3.63, 3.8) is 0 Å². The highest BCUT2D eigenvalue weighted by atomic mass is 15.3. The third-order valence-electron chi connectivity index (χ3n) is 3.21. The molecule has 2 aromatic rings. The molecule has 1 N–H and O–H groups in total. The van der Waals surface area contributed by atoms with E-state index in [4.69, 9.17) is 0 Å². The van der Waals surface area contributed by atoms with Crippen LogP contribution in [-0.2, 0) is 6.54 Å². The van der Waals surface area contributed by atoms with Gasteiger partial charge >= 0.3 is 0 Å². The molecule has 90 valence electrons. The molecule has 0 amide bonds. The average Bonchev–Trinajstić information content (AvgIpc) is 2.82. The Morgan fingerprint density at radius 2 is 2.12 bits per heavy atom. The fourth-order valence-corrected chi connectivity index (χ4v) is 1.94. The van der Waals surface area contributed by atoms with Gasteiger partial charge in [-0.15, -0.1) is 0 Å².